The molecule has 2 heterocycles. The second kappa shape index (κ2) is 3.57. The van der Waals surface area contributed by atoms with Crippen molar-refractivity contribution in [2.45, 2.75) is 38.8 Å². The van der Waals surface area contributed by atoms with E-state index in [1.54, 1.807) is 17.0 Å². The largest absolute Gasteiger partial charge is 0.348 e. The topological polar surface area (TPSA) is 64.2 Å². The van der Waals surface area contributed by atoms with Crippen LogP contribution in [0.1, 0.15) is 27.7 Å². The van der Waals surface area contributed by atoms with Crippen molar-refractivity contribution in [3.63, 3.8) is 0 Å². The Balaban J connectivity index is 2.35. The number of rotatable bonds is 1. The van der Waals surface area contributed by atoms with Crippen LogP contribution in [0.2, 0.25) is 0 Å². The van der Waals surface area contributed by atoms with Gasteiger partial charge in [0.25, 0.3) is 5.56 Å². The molecule has 0 amide bonds. The molecule has 2 rings (SSSR count). The van der Waals surface area contributed by atoms with Gasteiger partial charge >= 0.3 is 0 Å². The minimum atomic E-state index is -0.230. The summed E-state index contributed by atoms with van der Waals surface area (Å²) in [6.07, 6.45) is 3.40. The van der Waals surface area contributed by atoms with Gasteiger partial charge in [0.1, 0.15) is 0 Å². The van der Waals surface area contributed by atoms with Gasteiger partial charge in [0.05, 0.1) is 0 Å². The van der Waals surface area contributed by atoms with Gasteiger partial charge in [-0.2, -0.15) is 0 Å². The number of nitrogens with two attached hydrogens (primary N) is 1. The van der Waals surface area contributed by atoms with Crippen LogP contribution in [0.25, 0.3) is 0 Å². The molecule has 5 nitrogen and oxygen atoms in total. The smallest absolute Gasteiger partial charge is 0.293 e. The maximum atomic E-state index is 12.3. The molecule has 0 radical (unpaired) electrons. The van der Waals surface area contributed by atoms with Crippen LogP contribution < -0.4 is 16.2 Å². The normalized spacial score (nSPS) is 19.0. The predicted octanol–water partition coefficient (Wildman–Crippen LogP) is 0.536. The molecule has 1 fully saturated rings. The van der Waals surface area contributed by atoms with E-state index in [0.29, 0.717) is 18.9 Å². The number of aromatic nitrogens is 2. The molecule has 0 aliphatic carbocycles. The van der Waals surface area contributed by atoms with Crippen LogP contribution >= 0.6 is 0 Å². The molecular weight excluding hydrogens is 216 g/mol. The van der Waals surface area contributed by atoms with Gasteiger partial charge in [-0.1, -0.05) is 0 Å². The van der Waals surface area contributed by atoms with Crippen LogP contribution in [0, 0.1) is 0 Å². The Hall–Kier alpha value is -1.36. The van der Waals surface area contributed by atoms with E-state index in [0.717, 1.165) is 0 Å². The predicted molar refractivity (Wildman–Crippen MR) is 68.3 cm³/mol. The van der Waals surface area contributed by atoms with Crippen LogP contribution in [0.4, 0.5) is 5.82 Å². The first-order valence-corrected chi connectivity index (χ1v) is 5.83. The lowest BCUT2D eigenvalue weighted by molar-refractivity contribution is 0.352. The van der Waals surface area contributed by atoms with Gasteiger partial charge in [-0.25, -0.2) is 4.98 Å². The highest BCUT2D eigenvalue weighted by atomic mass is 16.1. The van der Waals surface area contributed by atoms with Crippen molar-refractivity contribution in [1.82, 2.24) is 9.55 Å². The zero-order chi connectivity index (χ0) is 12.8. The average molecular weight is 236 g/mol. The molecule has 1 aromatic rings. The molecule has 1 aliphatic heterocycles. The van der Waals surface area contributed by atoms with Crippen molar-refractivity contribution in [3.05, 3.63) is 22.7 Å². The Kier molecular flexibility index (Phi) is 2.54. The zero-order valence-corrected chi connectivity index (χ0v) is 10.9. The number of anilines is 1. The van der Waals surface area contributed by atoms with Gasteiger partial charge in [0.15, 0.2) is 5.82 Å². The molecule has 17 heavy (non-hydrogen) atoms. The van der Waals surface area contributed by atoms with Crippen LogP contribution in [0.5, 0.6) is 0 Å². The lowest BCUT2D eigenvalue weighted by Gasteiger charge is -2.45. The van der Waals surface area contributed by atoms with E-state index in [1.807, 2.05) is 32.6 Å². The van der Waals surface area contributed by atoms with Crippen LogP contribution in [0.3, 0.4) is 0 Å². The summed E-state index contributed by atoms with van der Waals surface area (Å²) in [6, 6.07) is 0. The molecule has 0 atom stereocenters. The summed E-state index contributed by atoms with van der Waals surface area (Å²) in [5, 5.41) is 0. The Labute approximate surface area is 101 Å². The van der Waals surface area contributed by atoms with Crippen molar-refractivity contribution in [2.24, 2.45) is 5.73 Å². The number of hydrogen-bond donors (Lipinski definition) is 1. The fourth-order valence-electron chi connectivity index (χ4n) is 2.12. The van der Waals surface area contributed by atoms with E-state index in [-0.39, 0.29) is 16.6 Å². The minimum Gasteiger partial charge on any atom is -0.348 e. The first kappa shape index (κ1) is 12.1. The summed E-state index contributed by atoms with van der Waals surface area (Å²) < 4.78 is 1.71. The van der Waals surface area contributed by atoms with Gasteiger partial charge in [0, 0.05) is 36.6 Å². The molecule has 0 aromatic carbocycles. The van der Waals surface area contributed by atoms with Gasteiger partial charge < -0.3 is 15.2 Å². The van der Waals surface area contributed by atoms with Crippen molar-refractivity contribution >= 4 is 5.82 Å². The summed E-state index contributed by atoms with van der Waals surface area (Å²) in [5.74, 6) is 0.505. The Morgan fingerprint density at radius 3 is 2.47 bits per heavy atom. The van der Waals surface area contributed by atoms with E-state index in [1.165, 1.54) is 0 Å². The quantitative estimate of drug-likeness (QED) is 0.773. The molecule has 2 N–H and O–H groups in total. The molecular formula is C12H20N4O. The van der Waals surface area contributed by atoms with E-state index in [9.17, 15) is 4.79 Å². The van der Waals surface area contributed by atoms with Crippen LogP contribution in [-0.4, -0.2) is 28.2 Å². The van der Waals surface area contributed by atoms with Crippen molar-refractivity contribution in [3.8, 4) is 0 Å². The lowest BCUT2D eigenvalue weighted by atomic mass is 9.94. The molecule has 0 bridgehead atoms. The maximum Gasteiger partial charge on any atom is 0.293 e. The average Bonchev–Trinajstić information content (AvgIpc) is 2.12. The van der Waals surface area contributed by atoms with Crippen LogP contribution in [-0.2, 0) is 5.54 Å². The number of nitrogens with zero attached hydrogens (tertiary/aromatic N) is 3. The molecule has 0 unspecified atom stereocenters. The van der Waals surface area contributed by atoms with Crippen LogP contribution in [0.15, 0.2) is 17.2 Å². The monoisotopic (exact) mass is 236 g/mol. The van der Waals surface area contributed by atoms with E-state index < -0.39 is 0 Å². The molecule has 0 saturated carbocycles. The summed E-state index contributed by atoms with van der Waals surface area (Å²) >= 11 is 0. The number of hydrogen-bond acceptors (Lipinski definition) is 4. The third-order valence-electron chi connectivity index (χ3n) is 2.95. The summed E-state index contributed by atoms with van der Waals surface area (Å²) in [4.78, 5) is 18.4. The van der Waals surface area contributed by atoms with Gasteiger partial charge in [0.2, 0.25) is 0 Å². The molecule has 1 saturated heterocycles. The SMILES string of the molecule is CC1(N)CN(c2nccn(C(C)(C)C)c2=O)C1. The fraction of sp³-hybridized carbons (Fsp3) is 0.667. The second-order valence-corrected chi connectivity index (χ2v) is 6.11. The molecule has 1 aromatic heterocycles. The maximum absolute atomic E-state index is 12.3. The second-order valence-electron chi connectivity index (χ2n) is 6.11. The van der Waals surface area contributed by atoms with E-state index in [4.69, 9.17) is 5.73 Å². The highest BCUT2D eigenvalue weighted by Crippen LogP contribution is 2.21. The first-order chi connectivity index (χ1) is 7.71. The summed E-state index contributed by atoms with van der Waals surface area (Å²) in [5.41, 5.74) is 5.47. The summed E-state index contributed by atoms with van der Waals surface area (Å²) in [6.45, 7) is 9.35. The van der Waals surface area contributed by atoms with Gasteiger partial charge in [-0.05, 0) is 27.7 Å². The Morgan fingerprint density at radius 1 is 1.41 bits per heavy atom. The van der Waals surface area contributed by atoms with Gasteiger partial charge in [-0.15, -0.1) is 0 Å². The van der Waals surface area contributed by atoms with Crippen molar-refractivity contribution in [2.75, 3.05) is 18.0 Å². The third-order valence-corrected chi connectivity index (χ3v) is 2.95. The Bertz CT molecular complexity index is 476. The van der Waals surface area contributed by atoms with Gasteiger partial charge in [-0.3, -0.25) is 4.79 Å². The van der Waals surface area contributed by atoms with Crippen molar-refractivity contribution < 1.29 is 0 Å². The molecule has 94 valence electrons. The van der Waals surface area contributed by atoms with E-state index >= 15 is 0 Å². The van der Waals surface area contributed by atoms with Crippen molar-refractivity contribution in [1.29, 1.82) is 0 Å². The minimum absolute atomic E-state index is 0.0458. The molecule has 5 heteroatoms. The molecule has 1 aliphatic rings. The first-order valence-electron chi connectivity index (χ1n) is 5.83. The fourth-order valence-corrected chi connectivity index (χ4v) is 2.12. The highest BCUT2D eigenvalue weighted by Gasteiger charge is 2.37. The summed E-state index contributed by atoms with van der Waals surface area (Å²) in [7, 11) is 0. The third kappa shape index (κ3) is 2.20. The zero-order valence-electron chi connectivity index (χ0n) is 10.9. The van der Waals surface area contributed by atoms with E-state index in [2.05, 4.69) is 4.98 Å². The Morgan fingerprint density at radius 2 is 2.00 bits per heavy atom. The lowest BCUT2D eigenvalue weighted by Crippen LogP contribution is -2.66. The highest BCUT2D eigenvalue weighted by molar-refractivity contribution is 5.42. The molecule has 0 spiro atoms. The standard InChI is InChI=1S/C12H20N4O/c1-11(2,3)16-6-5-14-9(10(16)17)15-7-12(4,13)8-15/h5-6H,7-8,13H2,1-4H3.